The summed E-state index contributed by atoms with van der Waals surface area (Å²) in [6.07, 6.45) is 4.57. The highest BCUT2D eigenvalue weighted by Gasteiger charge is 2.17. The van der Waals surface area contributed by atoms with E-state index in [4.69, 9.17) is 0 Å². The van der Waals surface area contributed by atoms with E-state index in [1.54, 1.807) is 6.20 Å². The van der Waals surface area contributed by atoms with Gasteiger partial charge in [-0.1, -0.05) is 0 Å². The van der Waals surface area contributed by atoms with Crippen LogP contribution in [0.15, 0.2) is 12.5 Å². The van der Waals surface area contributed by atoms with Crippen LogP contribution in [0.2, 0.25) is 0 Å². The lowest BCUT2D eigenvalue weighted by Crippen LogP contribution is -2.36. The predicted molar refractivity (Wildman–Crippen MR) is 47.3 cm³/mol. The quantitative estimate of drug-likeness (QED) is 0.650. The van der Waals surface area contributed by atoms with Crippen molar-refractivity contribution in [2.75, 3.05) is 18.0 Å². The number of aromatic nitrogens is 3. The molecule has 1 aromatic rings. The van der Waals surface area contributed by atoms with Gasteiger partial charge in [-0.15, -0.1) is 5.10 Å². The number of rotatable bonds is 1. The zero-order valence-corrected chi connectivity index (χ0v) is 7.30. The van der Waals surface area contributed by atoms with Crippen molar-refractivity contribution in [2.24, 2.45) is 0 Å². The molecule has 1 fully saturated rings. The van der Waals surface area contributed by atoms with Gasteiger partial charge < -0.3 is 10.0 Å². The van der Waals surface area contributed by atoms with Gasteiger partial charge in [0.1, 0.15) is 6.33 Å². The van der Waals surface area contributed by atoms with Crippen molar-refractivity contribution in [3.8, 4) is 0 Å². The van der Waals surface area contributed by atoms with E-state index in [9.17, 15) is 5.11 Å². The molecule has 13 heavy (non-hydrogen) atoms. The maximum absolute atomic E-state index is 9.30. The summed E-state index contributed by atoms with van der Waals surface area (Å²) in [6.45, 7) is 1.69. The highest BCUT2D eigenvalue weighted by atomic mass is 16.3. The Morgan fingerprint density at radius 1 is 1.31 bits per heavy atom. The molecule has 1 N–H and O–H groups in total. The van der Waals surface area contributed by atoms with Gasteiger partial charge in [0.15, 0.2) is 5.82 Å². The molecule has 0 aliphatic carbocycles. The van der Waals surface area contributed by atoms with Crippen LogP contribution in [-0.2, 0) is 0 Å². The van der Waals surface area contributed by atoms with Gasteiger partial charge in [-0.2, -0.15) is 5.10 Å². The molecule has 0 bridgehead atoms. The van der Waals surface area contributed by atoms with Gasteiger partial charge in [0, 0.05) is 13.1 Å². The van der Waals surface area contributed by atoms with E-state index < -0.39 is 0 Å². The fraction of sp³-hybridized carbons (Fsp3) is 0.625. The Morgan fingerprint density at radius 3 is 2.69 bits per heavy atom. The highest BCUT2D eigenvalue weighted by molar-refractivity contribution is 5.34. The molecule has 5 heteroatoms. The Hall–Kier alpha value is -1.23. The zero-order valence-electron chi connectivity index (χ0n) is 7.30. The third-order valence-corrected chi connectivity index (χ3v) is 2.27. The van der Waals surface area contributed by atoms with Crippen molar-refractivity contribution in [1.82, 2.24) is 15.2 Å². The number of piperidine rings is 1. The average Bonchev–Trinajstić information content (AvgIpc) is 2.20. The lowest BCUT2D eigenvalue weighted by molar-refractivity contribution is 0.145. The van der Waals surface area contributed by atoms with Crippen LogP contribution >= 0.6 is 0 Å². The summed E-state index contributed by atoms with van der Waals surface area (Å²) in [5.41, 5.74) is 0. The topological polar surface area (TPSA) is 62.1 Å². The molecule has 2 heterocycles. The van der Waals surface area contributed by atoms with Gasteiger partial charge in [0.2, 0.25) is 0 Å². The third-order valence-electron chi connectivity index (χ3n) is 2.27. The van der Waals surface area contributed by atoms with E-state index in [-0.39, 0.29) is 6.10 Å². The van der Waals surface area contributed by atoms with E-state index >= 15 is 0 Å². The van der Waals surface area contributed by atoms with Crippen molar-refractivity contribution in [3.63, 3.8) is 0 Å². The summed E-state index contributed by atoms with van der Waals surface area (Å²) in [7, 11) is 0. The minimum absolute atomic E-state index is 0.147. The minimum atomic E-state index is -0.147. The van der Waals surface area contributed by atoms with Crippen LogP contribution in [0.4, 0.5) is 5.82 Å². The molecule has 0 atom stereocenters. The Morgan fingerprint density at radius 2 is 2.08 bits per heavy atom. The Kier molecular flexibility index (Phi) is 2.35. The van der Waals surface area contributed by atoms with Crippen LogP contribution in [0.1, 0.15) is 12.8 Å². The van der Waals surface area contributed by atoms with Crippen molar-refractivity contribution >= 4 is 5.82 Å². The van der Waals surface area contributed by atoms with Gasteiger partial charge >= 0.3 is 0 Å². The number of hydrogen-bond acceptors (Lipinski definition) is 5. The molecule has 0 aromatic carbocycles. The van der Waals surface area contributed by atoms with E-state index in [1.807, 2.05) is 0 Å². The van der Waals surface area contributed by atoms with Crippen LogP contribution in [0.25, 0.3) is 0 Å². The Balaban J connectivity index is 2.03. The second-order valence-electron chi connectivity index (χ2n) is 3.18. The molecule has 70 valence electrons. The maximum Gasteiger partial charge on any atom is 0.150 e. The lowest BCUT2D eigenvalue weighted by atomic mass is 10.1. The summed E-state index contributed by atoms with van der Waals surface area (Å²) in [5.74, 6) is 0.849. The third kappa shape index (κ3) is 1.92. The number of aliphatic hydroxyl groups excluding tert-OH is 1. The molecule has 1 aromatic heterocycles. The normalized spacial score (nSPS) is 19.0. The van der Waals surface area contributed by atoms with Gasteiger partial charge in [0.25, 0.3) is 0 Å². The molecule has 1 aliphatic rings. The van der Waals surface area contributed by atoms with Crippen LogP contribution in [-0.4, -0.2) is 39.5 Å². The van der Waals surface area contributed by atoms with Crippen LogP contribution in [0.3, 0.4) is 0 Å². The molecule has 5 nitrogen and oxygen atoms in total. The largest absolute Gasteiger partial charge is 0.393 e. The molecular formula is C8H12N4O. The molecule has 0 unspecified atom stereocenters. The van der Waals surface area contributed by atoms with Crippen LogP contribution in [0, 0.1) is 0 Å². The highest BCUT2D eigenvalue weighted by Crippen LogP contribution is 2.15. The maximum atomic E-state index is 9.30. The molecule has 1 saturated heterocycles. The van der Waals surface area contributed by atoms with Crippen molar-refractivity contribution in [3.05, 3.63) is 12.5 Å². The average molecular weight is 180 g/mol. The van der Waals surface area contributed by atoms with Gasteiger partial charge in [-0.3, -0.25) is 0 Å². The summed E-state index contributed by atoms with van der Waals surface area (Å²) in [5, 5.41) is 16.7. The smallest absolute Gasteiger partial charge is 0.150 e. The summed E-state index contributed by atoms with van der Waals surface area (Å²) in [4.78, 5) is 6.21. The number of anilines is 1. The zero-order chi connectivity index (χ0) is 9.10. The number of nitrogens with zero attached hydrogens (tertiary/aromatic N) is 4. The fourth-order valence-corrected chi connectivity index (χ4v) is 1.49. The van der Waals surface area contributed by atoms with E-state index in [2.05, 4.69) is 20.1 Å². The minimum Gasteiger partial charge on any atom is -0.393 e. The van der Waals surface area contributed by atoms with Crippen molar-refractivity contribution in [1.29, 1.82) is 0 Å². The van der Waals surface area contributed by atoms with Gasteiger partial charge in [-0.25, -0.2) is 4.98 Å². The Bertz CT molecular complexity index is 258. The molecule has 1 aliphatic heterocycles. The second kappa shape index (κ2) is 3.66. The molecule has 0 amide bonds. The molecular weight excluding hydrogens is 168 g/mol. The number of hydrogen-bond donors (Lipinski definition) is 1. The first-order valence-electron chi connectivity index (χ1n) is 4.42. The number of aliphatic hydroxyl groups is 1. The first-order chi connectivity index (χ1) is 6.36. The summed E-state index contributed by atoms with van der Waals surface area (Å²) in [6, 6.07) is 0. The summed E-state index contributed by atoms with van der Waals surface area (Å²) < 4.78 is 0. The Labute approximate surface area is 76.4 Å². The molecule has 0 radical (unpaired) electrons. The SMILES string of the molecule is OC1CCN(c2cnncn2)CC1. The van der Waals surface area contributed by atoms with Gasteiger partial charge in [-0.05, 0) is 12.8 Å². The fourth-order valence-electron chi connectivity index (χ4n) is 1.49. The molecule has 0 saturated carbocycles. The van der Waals surface area contributed by atoms with E-state index in [1.165, 1.54) is 6.33 Å². The van der Waals surface area contributed by atoms with Gasteiger partial charge in [0.05, 0.1) is 12.3 Å². The van der Waals surface area contributed by atoms with Crippen molar-refractivity contribution in [2.45, 2.75) is 18.9 Å². The monoisotopic (exact) mass is 180 g/mol. The molecule has 0 spiro atoms. The molecule has 2 rings (SSSR count). The standard InChI is InChI=1S/C8H12N4O/c13-7-1-3-12(4-2-7)8-5-10-11-6-9-8/h5-7,13H,1-4H2. The first-order valence-corrected chi connectivity index (χ1v) is 4.42. The van der Waals surface area contributed by atoms with E-state index in [0.717, 1.165) is 31.7 Å². The van der Waals surface area contributed by atoms with Crippen LogP contribution in [0.5, 0.6) is 0 Å². The lowest BCUT2D eigenvalue weighted by Gasteiger charge is -2.29. The first kappa shape index (κ1) is 8.37. The van der Waals surface area contributed by atoms with Crippen LogP contribution < -0.4 is 4.90 Å². The van der Waals surface area contributed by atoms with Crippen molar-refractivity contribution < 1.29 is 5.11 Å². The predicted octanol–water partition coefficient (Wildman–Crippen LogP) is -0.167. The summed E-state index contributed by atoms with van der Waals surface area (Å²) >= 11 is 0. The second-order valence-corrected chi connectivity index (χ2v) is 3.18. The van der Waals surface area contributed by atoms with E-state index in [0.29, 0.717) is 0 Å².